The lowest BCUT2D eigenvalue weighted by Crippen LogP contribution is -2.43. The van der Waals surface area contributed by atoms with E-state index in [1.807, 2.05) is 30.3 Å². The van der Waals surface area contributed by atoms with Gasteiger partial charge in [-0.1, -0.05) is 56.3 Å². The quantitative estimate of drug-likeness (QED) is 0.585. The molecule has 1 saturated heterocycles. The SMILES string of the molecule is Cc1ccc(C(C)C)c(C(=O)Nc2ccc(N3CCNCC3)cc2)c1-c1ccccc1. The number of amides is 1. The molecule has 4 rings (SSSR count). The van der Waals surface area contributed by atoms with Gasteiger partial charge in [-0.05, 0) is 59.4 Å². The highest BCUT2D eigenvalue weighted by Crippen LogP contribution is 2.34. The van der Waals surface area contributed by atoms with Crippen LogP contribution in [-0.2, 0) is 0 Å². The number of benzene rings is 3. The molecule has 4 nitrogen and oxygen atoms in total. The van der Waals surface area contributed by atoms with Gasteiger partial charge >= 0.3 is 0 Å². The minimum absolute atomic E-state index is 0.0545. The molecule has 0 aromatic heterocycles. The molecular weight excluding hydrogens is 382 g/mol. The number of carbonyl (C=O) groups excluding carboxylic acids is 1. The van der Waals surface area contributed by atoms with Gasteiger partial charge < -0.3 is 15.5 Å². The zero-order valence-electron chi connectivity index (χ0n) is 18.6. The predicted octanol–water partition coefficient (Wildman–Crippen LogP) is 5.45. The fourth-order valence-corrected chi connectivity index (χ4v) is 4.30. The number of rotatable bonds is 5. The number of carbonyl (C=O) groups is 1. The molecule has 0 spiro atoms. The van der Waals surface area contributed by atoms with E-state index in [2.05, 4.69) is 72.7 Å². The molecule has 0 unspecified atom stereocenters. The standard InChI is InChI=1S/C27H31N3O/c1-19(2)24-14-9-20(3)25(21-7-5-4-6-8-21)26(24)27(31)29-22-10-12-23(13-11-22)30-17-15-28-16-18-30/h4-14,19,28H,15-18H2,1-3H3,(H,29,31). The summed E-state index contributed by atoms with van der Waals surface area (Å²) in [6.45, 7) is 10.4. The number of anilines is 2. The fraction of sp³-hybridized carbons (Fsp3) is 0.296. The zero-order valence-corrected chi connectivity index (χ0v) is 18.6. The Labute approximate surface area is 185 Å². The Morgan fingerprint density at radius 3 is 2.26 bits per heavy atom. The normalized spacial score (nSPS) is 14.0. The van der Waals surface area contributed by atoms with Crippen molar-refractivity contribution in [3.05, 3.63) is 83.4 Å². The highest BCUT2D eigenvalue weighted by atomic mass is 16.1. The van der Waals surface area contributed by atoms with Crippen LogP contribution < -0.4 is 15.5 Å². The molecule has 1 fully saturated rings. The molecule has 0 saturated carbocycles. The predicted molar refractivity (Wildman–Crippen MR) is 130 cm³/mol. The first-order valence-corrected chi connectivity index (χ1v) is 11.1. The van der Waals surface area contributed by atoms with Crippen LogP contribution in [0, 0.1) is 6.92 Å². The Morgan fingerprint density at radius 2 is 1.61 bits per heavy atom. The maximum absolute atomic E-state index is 13.5. The van der Waals surface area contributed by atoms with Gasteiger partial charge in [-0.2, -0.15) is 0 Å². The topological polar surface area (TPSA) is 44.4 Å². The Bertz CT molecular complexity index is 1040. The first-order valence-electron chi connectivity index (χ1n) is 11.1. The lowest BCUT2D eigenvalue weighted by atomic mass is 9.87. The zero-order chi connectivity index (χ0) is 21.8. The maximum Gasteiger partial charge on any atom is 0.256 e. The van der Waals surface area contributed by atoms with E-state index in [0.717, 1.165) is 59.7 Å². The summed E-state index contributed by atoms with van der Waals surface area (Å²) in [6.07, 6.45) is 0. The lowest BCUT2D eigenvalue weighted by Gasteiger charge is -2.29. The summed E-state index contributed by atoms with van der Waals surface area (Å²) >= 11 is 0. The molecule has 31 heavy (non-hydrogen) atoms. The van der Waals surface area contributed by atoms with Crippen molar-refractivity contribution in [1.82, 2.24) is 5.32 Å². The van der Waals surface area contributed by atoms with Crippen LogP contribution in [-0.4, -0.2) is 32.1 Å². The second-order valence-electron chi connectivity index (χ2n) is 8.48. The third-order valence-corrected chi connectivity index (χ3v) is 5.96. The van der Waals surface area contributed by atoms with Crippen LogP contribution in [0.15, 0.2) is 66.7 Å². The summed E-state index contributed by atoms with van der Waals surface area (Å²) < 4.78 is 0. The van der Waals surface area contributed by atoms with Gasteiger partial charge in [0.2, 0.25) is 0 Å². The van der Waals surface area contributed by atoms with Crippen molar-refractivity contribution in [2.24, 2.45) is 0 Å². The van der Waals surface area contributed by atoms with Gasteiger partial charge in [-0.15, -0.1) is 0 Å². The molecule has 1 aliphatic rings. The molecule has 2 N–H and O–H groups in total. The van der Waals surface area contributed by atoms with Crippen LogP contribution in [0.2, 0.25) is 0 Å². The van der Waals surface area contributed by atoms with Crippen molar-refractivity contribution in [3.8, 4) is 11.1 Å². The molecule has 1 aliphatic heterocycles. The van der Waals surface area contributed by atoms with E-state index in [0.29, 0.717) is 0 Å². The number of hydrogen-bond acceptors (Lipinski definition) is 3. The largest absolute Gasteiger partial charge is 0.369 e. The van der Waals surface area contributed by atoms with Crippen LogP contribution in [0.4, 0.5) is 11.4 Å². The minimum atomic E-state index is -0.0545. The molecular formula is C27H31N3O. The summed E-state index contributed by atoms with van der Waals surface area (Å²) in [7, 11) is 0. The highest BCUT2D eigenvalue weighted by Gasteiger charge is 2.21. The number of hydrogen-bond donors (Lipinski definition) is 2. The number of nitrogens with zero attached hydrogens (tertiary/aromatic N) is 1. The molecule has 160 valence electrons. The molecule has 0 aliphatic carbocycles. The van der Waals surface area contributed by atoms with Crippen LogP contribution in [0.1, 0.15) is 41.3 Å². The number of nitrogens with one attached hydrogen (secondary N) is 2. The van der Waals surface area contributed by atoms with E-state index in [4.69, 9.17) is 0 Å². The lowest BCUT2D eigenvalue weighted by molar-refractivity contribution is 0.102. The molecule has 0 atom stereocenters. The van der Waals surface area contributed by atoms with Crippen LogP contribution in [0.3, 0.4) is 0 Å². The Kier molecular flexibility index (Phi) is 6.38. The molecule has 1 amide bonds. The van der Waals surface area contributed by atoms with Crippen molar-refractivity contribution >= 4 is 17.3 Å². The van der Waals surface area contributed by atoms with Crippen molar-refractivity contribution in [2.75, 3.05) is 36.4 Å². The van der Waals surface area contributed by atoms with Crippen molar-refractivity contribution in [1.29, 1.82) is 0 Å². The first kappa shape index (κ1) is 21.1. The molecule has 3 aromatic rings. The first-order chi connectivity index (χ1) is 15.0. The van der Waals surface area contributed by atoms with E-state index >= 15 is 0 Å². The van der Waals surface area contributed by atoms with Crippen molar-refractivity contribution < 1.29 is 4.79 Å². The van der Waals surface area contributed by atoms with E-state index in [1.54, 1.807) is 0 Å². The van der Waals surface area contributed by atoms with E-state index < -0.39 is 0 Å². The highest BCUT2D eigenvalue weighted by molar-refractivity contribution is 6.10. The van der Waals surface area contributed by atoms with E-state index in [-0.39, 0.29) is 11.8 Å². The van der Waals surface area contributed by atoms with Crippen molar-refractivity contribution in [3.63, 3.8) is 0 Å². The van der Waals surface area contributed by atoms with Gasteiger partial charge in [-0.25, -0.2) is 0 Å². The van der Waals surface area contributed by atoms with E-state index in [1.165, 1.54) is 5.69 Å². The van der Waals surface area contributed by atoms with Crippen LogP contribution >= 0.6 is 0 Å². The van der Waals surface area contributed by atoms with Crippen LogP contribution in [0.25, 0.3) is 11.1 Å². The minimum Gasteiger partial charge on any atom is -0.369 e. The second kappa shape index (κ2) is 9.36. The summed E-state index contributed by atoms with van der Waals surface area (Å²) in [4.78, 5) is 15.9. The summed E-state index contributed by atoms with van der Waals surface area (Å²) in [5.74, 6) is 0.195. The molecule has 0 radical (unpaired) electrons. The third kappa shape index (κ3) is 4.64. The monoisotopic (exact) mass is 413 g/mol. The maximum atomic E-state index is 13.5. The fourth-order valence-electron chi connectivity index (χ4n) is 4.30. The number of aryl methyl sites for hydroxylation is 1. The summed E-state index contributed by atoms with van der Waals surface area (Å²) in [5.41, 5.74) is 7.05. The van der Waals surface area contributed by atoms with Gasteiger partial charge in [-0.3, -0.25) is 4.79 Å². The van der Waals surface area contributed by atoms with E-state index in [9.17, 15) is 4.79 Å². The second-order valence-corrected chi connectivity index (χ2v) is 8.48. The molecule has 3 aromatic carbocycles. The molecule has 4 heteroatoms. The Hall–Kier alpha value is -3.11. The van der Waals surface area contributed by atoms with Gasteiger partial charge in [0.05, 0.1) is 5.56 Å². The number of piperazine rings is 1. The van der Waals surface area contributed by atoms with Gasteiger partial charge in [0, 0.05) is 37.6 Å². The molecule has 1 heterocycles. The molecule has 0 bridgehead atoms. The van der Waals surface area contributed by atoms with Crippen molar-refractivity contribution in [2.45, 2.75) is 26.7 Å². The van der Waals surface area contributed by atoms with Crippen LogP contribution in [0.5, 0.6) is 0 Å². The summed E-state index contributed by atoms with van der Waals surface area (Å²) in [6, 6.07) is 22.6. The summed E-state index contributed by atoms with van der Waals surface area (Å²) in [5, 5.41) is 6.53. The van der Waals surface area contributed by atoms with Gasteiger partial charge in [0.25, 0.3) is 5.91 Å². The van der Waals surface area contributed by atoms with Gasteiger partial charge in [0.15, 0.2) is 0 Å². The smallest absolute Gasteiger partial charge is 0.256 e. The Morgan fingerprint density at radius 1 is 0.935 bits per heavy atom. The van der Waals surface area contributed by atoms with Gasteiger partial charge in [0.1, 0.15) is 0 Å². The average molecular weight is 414 g/mol. The Balaban J connectivity index is 1.65. The third-order valence-electron chi connectivity index (χ3n) is 5.96. The average Bonchev–Trinajstić information content (AvgIpc) is 2.80.